The molecule has 3 aromatic carbocycles. The molecule has 0 aromatic heterocycles. The first-order chi connectivity index (χ1) is 14.0. The van der Waals surface area contributed by atoms with E-state index < -0.39 is 11.7 Å². The van der Waals surface area contributed by atoms with Gasteiger partial charge in [-0.25, -0.2) is 4.39 Å². The first-order valence-electron chi connectivity index (χ1n) is 9.49. The molecule has 1 N–H and O–H groups in total. The monoisotopic (exact) mass is 393 g/mol. The molecule has 0 aliphatic carbocycles. The van der Waals surface area contributed by atoms with Crippen LogP contribution < -0.4 is 14.8 Å². The van der Waals surface area contributed by atoms with E-state index in [2.05, 4.69) is 5.32 Å². The number of ether oxygens (including phenoxy) is 2. The van der Waals surface area contributed by atoms with E-state index in [0.717, 1.165) is 16.9 Å². The summed E-state index contributed by atoms with van der Waals surface area (Å²) in [5, 5.41) is 2.60. The summed E-state index contributed by atoms with van der Waals surface area (Å²) in [6.45, 7) is 6.72. The Morgan fingerprint density at radius 2 is 1.76 bits per heavy atom. The van der Waals surface area contributed by atoms with Gasteiger partial charge < -0.3 is 14.8 Å². The lowest BCUT2D eigenvalue weighted by molar-refractivity contribution is 0.102. The normalized spacial score (nSPS) is 10.5. The van der Waals surface area contributed by atoms with Crippen LogP contribution >= 0.6 is 0 Å². The summed E-state index contributed by atoms with van der Waals surface area (Å²) in [6, 6.07) is 17.1. The van der Waals surface area contributed by atoms with Crippen LogP contribution in [0.2, 0.25) is 0 Å². The minimum absolute atomic E-state index is 0.138. The third kappa shape index (κ3) is 5.13. The molecular weight excluding hydrogens is 369 g/mol. The second kappa shape index (κ2) is 9.24. The third-order valence-corrected chi connectivity index (χ3v) is 4.62. The first kappa shape index (κ1) is 20.4. The summed E-state index contributed by atoms with van der Waals surface area (Å²) in [7, 11) is 0. The highest BCUT2D eigenvalue weighted by Gasteiger charge is 2.13. The third-order valence-electron chi connectivity index (χ3n) is 4.62. The number of carbonyl (C=O) groups excluding carboxylic acids is 1. The van der Waals surface area contributed by atoms with Crippen molar-refractivity contribution in [3.05, 3.63) is 88.7 Å². The zero-order valence-corrected chi connectivity index (χ0v) is 16.8. The summed E-state index contributed by atoms with van der Waals surface area (Å²) in [6.07, 6.45) is 0. The Bertz CT molecular complexity index is 1020. The van der Waals surface area contributed by atoms with E-state index >= 15 is 0 Å². The Hall–Kier alpha value is -3.34. The van der Waals surface area contributed by atoms with Crippen molar-refractivity contribution >= 4 is 11.6 Å². The summed E-state index contributed by atoms with van der Waals surface area (Å²) >= 11 is 0. The van der Waals surface area contributed by atoms with E-state index in [1.807, 2.05) is 39.0 Å². The maximum Gasteiger partial charge on any atom is 0.255 e. The molecule has 0 spiro atoms. The van der Waals surface area contributed by atoms with Crippen LogP contribution in [-0.4, -0.2) is 12.5 Å². The molecule has 0 saturated carbocycles. The van der Waals surface area contributed by atoms with Crippen LogP contribution in [0.25, 0.3) is 0 Å². The van der Waals surface area contributed by atoms with Gasteiger partial charge in [-0.15, -0.1) is 0 Å². The predicted octanol–water partition coefficient (Wildman–Crippen LogP) is 5.67. The van der Waals surface area contributed by atoms with Crippen LogP contribution in [0.5, 0.6) is 11.5 Å². The number of benzene rings is 3. The van der Waals surface area contributed by atoms with Crippen molar-refractivity contribution in [2.45, 2.75) is 27.4 Å². The van der Waals surface area contributed by atoms with Gasteiger partial charge in [0.25, 0.3) is 5.91 Å². The van der Waals surface area contributed by atoms with Gasteiger partial charge in [0.1, 0.15) is 23.9 Å². The number of amides is 1. The second-order valence-electron chi connectivity index (χ2n) is 6.72. The molecule has 150 valence electrons. The van der Waals surface area contributed by atoms with Crippen LogP contribution in [-0.2, 0) is 6.61 Å². The molecule has 3 rings (SSSR count). The topological polar surface area (TPSA) is 47.6 Å². The van der Waals surface area contributed by atoms with Crippen LogP contribution in [0.3, 0.4) is 0 Å². The molecule has 4 nitrogen and oxygen atoms in total. The van der Waals surface area contributed by atoms with Crippen molar-refractivity contribution in [1.82, 2.24) is 0 Å². The van der Waals surface area contributed by atoms with Gasteiger partial charge in [-0.1, -0.05) is 18.2 Å². The summed E-state index contributed by atoms with van der Waals surface area (Å²) in [4.78, 5) is 12.6. The van der Waals surface area contributed by atoms with Crippen molar-refractivity contribution in [2.75, 3.05) is 11.9 Å². The van der Waals surface area contributed by atoms with Crippen LogP contribution in [0.4, 0.5) is 10.1 Å². The summed E-state index contributed by atoms with van der Waals surface area (Å²) in [5.41, 5.74) is 3.62. The first-order valence-corrected chi connectivity index (χ1v) is 9.49. The number of halogens is 1. The quantitative estimate of drug-likeness (QED) is 0.562. The summed E-state index contributed by atoms with van der Waals surface area (Å²) in [5.74, 6) is 0.520. The summed E-state index contributed by atoms with van der Waals surface area (Å²) < 4.78 is 25.4. The van der Waals surface area contributed by atoms with E-state index in [4.69, 9.17) is 9.47 Å². The fraction of sp³-hybridized carbons (Fsp3) is 0.208. The number of anilines is 1. The highest BCUT2D eigenvalue weighted by Crippen LogP contribution is 2.24. The Morgan fingerprint density at radius 1 is 0.966 bits per heavy atom. The minimum atomic E-state index is -0.481. The van der Waals surface area contributed by atoms with Crippen LogP contribution in [0.1, 0.15) is 34.0 Å². The molecule has 0 aliphatic rings. The number of carbonyl (C=O) groups is 1. The van der Waals surface area contributed by atoms with E-state index in [9.17, 15) is 9.18 Å². The molecule has 0 atom stereocenters. The van der Waals surface area contributed by atoms with Gasteiger partial charge in [-0.3, -0.25) is 4.79 Å². The Kier molecular flexibility index (Phi) is 6.50. The standard InChI is InChI=1S/C24H24FNO3/c1-4-28-23-12-10-18(24(27)26-22-8-6-5-7-21(22)25)14-19(23)15-29-20-11-9-16(2)17(3)13-20/h5-14H,4,15H2,1-3H3,(H,26,27). The van der Waals surface area contributed by atoms with Gasteiger partial charge in [-0.2, -0.15) is 0 Å². The SMILES string of the molecule is CCOc1ccc(C(=O)Nc2ccccc2F)cc1COc1ccc(C)c(C)c1. The maximum atomic E-state index is 13.8. The molecule has 3 aromatic rings. The van der Waals surface area contributed by atoms with Gasteiger partial charge in [0, 0.05) is 11.1 Å². The zero-order chi connectivity index (χ0) is 20.8. The predicted molar refractivity (Wildman–Crippen MR) is 112 cm³/mol. The van der Waals surface area contributed by atoms with Gasteiger partial charge in [0.15, 0.2) is 0 Å². The van der Waals surface area contributed by atoms with Crippen molar-refractivity contribution in [3.8, 4) is 11.5 Å². The van der Waals surface area contributed by atoms with Crippen molar-refractivity contribution < 1.29 is 18.7 Å². The molecule has 0 fully saturated rings. The Morgan fingerprint density at radius 3 is 2.48 bits per heavy atom. The Balaban J connectivity index is 1.80. The molecule has 0 saturated heterocycles. The maximum absolute atomic E-state index is 13.8. The number of nitrogens with one attached hydrogen (secondary N) is 1. The highest BCUT2D eigenvalue weighted by molar-refractivity contribution is 6.04. The van der Waals surface area contributed by atoms with Gasteiger partial charge in [0.05, 0.1) is 12.3 Å². The fourth-order valence-electron chi connectivity index (χ4n) is 2.85. The Labute approximate surface area is 170 Å². The van der Waals surface area contributed by atoms with Crippen molar-refractivity contribution in [1.29, 1.82) is 0 Å². The number of aryl methyl sites for hydroxylation is 2. The fourth-order valence-corrected chi connectivity index (χ4v) is 2.85. The average Bonchev–Trinajstić information content (AvgIpc) is 2.71. The van der Waals surface area contributed by atoms with Crippen LogP contribution in [0.15, 0.2) is 60.7 Å². The molecule has 0 aliphatic heterocycles. The molecule has 0 radical (unpaired) electrons. The van der Waals surface area contributed by atoms with E-state index in [1.165, 1.54) is 17.7 Å². The zero-order valence-electron chi connectivity index (χ0n) is 16.8. The van der Waals surface area contributed by atoms with Gasteiger partial charge in [-0.05, 0) is 74.4 Å². The lowest BCUT2D eigenvalue weighted by atomic mass is 10.1. The number of hydrogen-bond acceptors (Lipinski definition) is 3. The van der Waals surface area contributed by atoms with Gasteiger partial charge in [0.2, 0.25) is 0 Å². The van der Waals surface area contributed by atoms with E-state index in [0.29, 0.717) is 17.9 Å². The smallest absolute Gasteiger partial charge is 0.255 e. The van der Waals surface area contributed by atoms with Crippen molar-refractivity contribution in [2.24, 2.45) is 0 Å². The van der Waals surface area contributed by atoms with Crippen molar-refractivity contribution in [3.63, 3.8) is 0 Å². The highest BCUT2D eigenvalue weighted by atomic mass is 19.1. The molecule has 0 heterocycles. The molecule has 5 heteroatoms. The molecule has 1 amide bonds. The second-order valence-corrected chi connectivity index (χ2v) is 6.72. The van der Waals surface area contributed by atoms with E-state index in [1.54, 1.807) is 30.3 Å². The van der Waals surface area contributed by atoms with Crippen LogP contribution in [0, 0.1) is 19.7 Å². The van der Waals surface area contributed by atoms with E-state index in [-0.39, 0.29) is 12.3 Å². The number of hydrogen-bond donors (Lipinski definition) is 1. The number of rotatable bonds is 7. The molecular formula is C24H24FNO3. The molecule has 0 bridgehead atoms. The lowest BCUT2D eigenvalue weighted by Gasteiger charge is -2.14. The number of para-hydroxylation sites is 1. The largest absolute Gasteiger partial charge is 0.493 e. The average molecular weight is 393 g/mol. The molecule has 29 heavy (non-hydrogen) atoms. The minimum Gasteiger partial charge on any atom is -0.493 e. The molecule has 0 unspecified atom stereocenters. The lowest BCUT2D eigenvalue weighted by Crippen LogP contribution is -2.14. The van der Waals surface area contributed by atoms with Gasteiger partial charge >= 0.3 is 0 Å².